The minimum absolute atomic E-state index is 0.0302. The zero-order valence-corrected chi connectivity index (χ0v) is 18.2. The maximum Gasteiger partial charge on any atom is 0.336 e. The van der Waals surface area contributed by atoms with Crippen LogP contribution in [0.1, 0.15) is 45.1 Å². The van der Waals surface area contributed by atoms with Crippen molar-refractivity contribution in [2.45, 2.75) is 69.7 Å². The van der Waals surface area contributed by atoms with Crippen LogP contribution < -0.4 is 15.7 Å². The van der Waals surface area contributed by atoms with Gasteiger partial charge in [0, 0.05) is 42.7 Å². The number of benzene rings is 1. The molecule has 1 aromatic carbocycles. The van der Waals surface area contributed by atoms with E-state index < -0.39 is 6.10 Å². The molecule has 3 aliphatic rings. The van der Waals surface area contributed by atoms with Crippen molar-refractivity contribution in [3.63, 3.8) is 0 Å². The molecule has 0 saturated carbocycles. The zero-order valence-electron chi connectivity index (χ0n) is 18.2. The number of amides is 1. The standard InChI is InChI=1S/C24H30N2O5/c1-3-16-10-22(27)31-21-11-19(6-7-20(16)21)30-15(2)23(28)26-8-9-29-24(14-26)12-17-4-5-18(13-24)25-17/h6-7,10-11,15,17-18,25H,3-5,8-9,12-14H2,1-2H3/t15?,17-,18+,24?. The van der Waals surface area contributed by atoms with Crippen LogP contribution in [-0.2, 0) is 16.0 Å². The van der Waals surface area contributed by atoms with Crippen molar-refractivity contribution < 1.29 is 18.7 Å². The molecule has 4 heterocycles. The monoisotopic (exact) mass is 426 g/mol. The van der Waals surface area contributed by atoms with Crippen molar-refractivity contribution in [3.05, 3.63) is 40.2 Å². The Morgan fingerprint density at radius 2 is 2.06 bits per heavy atom. The number of carbonyl (C=O) groups excluding carboxylic acids is 1. The molecule has 3 saturated heterocycles. The molecule has 2 bridgehead atoms. The van der Waals surface area contributed by atoms with Crippen molar-refractivity contribution in [1.82, 2.24) is 10.2 Å². The number of hydrogen-bond acceptors (Lipinski definition) is 6. The van der Waals surface area contributed by atoms with Crippen LogP contribution in [0.15, 0.2) is 33.5 Å². The average Bonchev–Trinajstić information content (AvgIpc) is 3.11. The van der Waals surface area contributed by atoms with Crippen LogP contribution >= 0.6 is 0 Å². The van der Waals surface area contributed by atoms with E-state index in [9.17, 15) is 9.59 Å². The molecule has 2 unspecified atom stereocenters. The largest absolute Gasteiger partial charge is 0.481 e. The Morgan fingerprint density at radius 1 is 1.29 bits per heavy atom. The average molecular weight is 427 g/mol. The van der Waals surface area contributed by atoms with Gasteiger partial charge >= 0.3 is 5.63 Å². The van der Waals surface area contributed by atoms with Crippen molar-refractivity contribution in [1.29, 1.82) is 0 Å². The fourth-order valence-electron chi connectivity index (χ4n) is 5.57. The Morgan fingerprint density at radius 3 is 2.81 bits per heavy atom. The number of carbonyl (C=O) groups is 1. The Labute approximate surface area is 181 Å². The number of hydrogen-bond donors (Lipinski definition) is 1. The van der Waals surface area contributed by atoms with Crippen molar-refractivity contribution in [2.24, 2.45) is 0 Å². The fraction of sp³-hybridized carbons (Fsp3) is 0.583. The summed E-state index contributed by atoms with van der Waals surface area (Å²) in [6.07, 6.45) is 4.43. The molecule has 1 amide bonds. The van der Waals surface area contributed by atoms with Gasteiger partial charge in [0.25, 0.3) is 5.91 Å². The second-order valence-electron chi connectivity index (χ2n) is 9.20. The van der Waals surface area contributed by atoms with Crippen LogP contribution in [0.25, 0.3) is 11.0 Å². The molecule has 1 spiro atoms. The second-order valence-corrected chi connectivity index (χ2v) is 9.20. The predicted octanol–water partition coefficient (Wildman–Crippen LogP) is 2.63. The van der Waals surface area contributed by atoms with E-state index >= 15 is 0 Å². The van der Waals surface area contributed by atoms with Gasteiger partial charge in [0.2, 0.25) is 0 Å². The summed E-state index contributed by atoms with van der Waals surface area (Å²) in [6.45, 7) is 5.56. The minimum Gasteiger partial charge on any atom is -0.481 e. The summed E-state index contributed by atoms with van der Waals surface area (Å²) in [4.78, 5) is 26.9. The lowest BCUT2D eigenvalue weighted by Gasteiger charge is -2.47. The highest BCUT2D eigenvalue weighted by molar-refractivity contribution is 5.83. The quantitative estimate of drug-likeness (QED) is 0.757. The van der Waals surface area contributed by atoms with E-state index in [-0.39, 0.29) is 17.1 Å². The summed E-state index contributed by atoms with van der Waals surface area (Å²) in [5, 5.41) is 4.54. The maximum atomic E-state index is 13.2. The molecule has 1 N–H and O–H groups in total. The molecule has 3 fully saturated rings. The number of morpholine rings is 1. The third kappa shape index (κ3) is 3.96. The van der Waals surface area contributed by atoms with E-state index in [0.717, 1.165) is 30.2 Å². The Balaban J connectivity index is 1.29. The van der Waals surface area contributed by atoms with E-state index in [1.807, 2.05) is 24.0 Å². The first-order valence-corrected chi connectivity index (χ1v) is 11.4. The van der Waals surface area contributed by atoms with Gasteiger partial charge in [0.05, 0.1) is 12.2 Å². The molecule has 3 aliphatic heterocycles. The predicted molar refractivity (Wildman–Crippen MR) is 116 cm³/mol. The van der Waals surface area contributed by atoms with Crippen LogP contribution in [0, 0.1) is 0 Å². The van der Waals surface area contributed by atoms with Crippen molar-refractivity contribution >= 4 is 16.9 Å². The maximum absolute atomic E-state index is 13.2. The Hall–Kier alpha value is -2.38. The third-order valence-electron chi connectivity index (χ3n) is 6.98. The van der Waals surface area contributed by atoms with Gasteiger partial charge in [-0.25, -0.2) is 4.79 Å². The van der Waals surface area contributed by atoms with Crippen molar-refractivity contribution in [2.75, 3.05) is 19.7 Å². The molecule has 1 aromatic heterocycles. The second kappa shape index (κ2) is 7.95. The van der Waals surface area contributed by atoms with Gasteiger partial charge in [-0.1, -0.05) is 6.92 Å². The molecule has 7 heteroatoms. The van der Waals surface area contributed by atoms with Gasteiger partial charge in [-0.2, -0.15) is 0 Å². The van der Waals surface area contributed by atoms with Gasteiger partial charge in [0.1, 0.15) is 11.3 Å². The number of piperidine rings is 1. The van der Waals surface area contributed by atoms with E-state index in [1.165, 1.54) is 18.9 Å². The summed E-state index contributed by atoms with van der Waals surface area (Å²) in [6, 6.07) is 7.95. The Kier molecular flexibility index (Phi) is 5.26. The summed E-state index contributed by atoms with van der Waals surface area (Å²) in [5.41, 5.74) is 0.821. The Bertz CT molecular complexity index is 1040. The lowest BCUT2D eigenvalue weighted by molar-refractivity contribution is -0.163. The molecular weight excluding hydrogens is 396 g/mol. The summed E-state index contributed by atoms with van der Waals surface area (Å²) >= 11 is 0. The van der Waals surface area contributed by atoms with E-state index in [1.54, 1.807) is 13.0 Å². The third-order valence-corrected chi connectivity index (χ3v) is 6.98. The summed E-state index contributed by atoms with van der Waals surface area (Å²) in [5.74, 6) is 0.491. The van der Waals surface area contributed by atoms with Gasteiger partial charge in [-0.05, 0) is 56.7 Å². The van der Waals surface area contributed by atoms with E-state index in [0.29, 0.717) is 43.1 Å². The molecule has 4 atom stereocenters. The van der Waals surface area contributed by atoms with E-state index in [2.05, 4.69) is 5.32 Å². The van der Waals surface area contributed by atoms with Crippen LogP contribution in [0.5, 0.6) is 5.75 Å². The normalized spacial score (nSPS) is 28.8. The van der Waals surface area contributed by atoms with Crippen LogP contribution in [0.4, 0.5) is 0 Å². The number of aryl methyl sites for hydroxylation is 1. The first-order valence-electron chi connectivity index (χ1n) is 11.4. The molecule has 2 aromatic rings. The SMILES string of the molecule is CCc1cc(=O)oc2cc(OC(C)C(=O)N3CCOC4(C[C@H]5CC[C@@H](C4)N5)C3)ccc12. The number of fused-ring (bicyclic) bond motifs is 3. The molecule has 5 rings (SSSR count). The van der Waals surface area contributed by atoms with E-state index in [4.69, 9.17) is 13.9 Å². The zero-order chi connectivity index (χ0) is 21.6. The van der Waals surface area contributed by atoms with Crippen LogP contribution in [-0.4, -0.2) is 54.3 Å². The van der Waals surface area contributed by atoms with Crippen LogP contribution in [0.2, 0.25) is 0 Å². The minimum atomic E-state index is -0.632. The lowest BCUT2D eigenvalue weighted by atomic mass is 9.85. The number of nitrogens with one attached hydrogen (secondary N) is 1. The highest BCUT2D eigenvalue weighted by Crippen LogP contribution is 2.38. The number of ether oxygens (including phenoxy) is 2. The van der Waals surface area contributed by atoms with Gasteiger partial charge in [0.15, 0.2) is 6.10 Å². The molecule has 0 aliphatic carbocycles. The first-order chi connectivity index (χ1) is 14.9. The van der Waals surface area contributed by atoms with Gasteiger partial charge in [-0.3, -0.25) is 4.79 Å². The number of nitrogens with zero attached hydrogens (tertiary/aromatic N) is 1. The smallest absolute Gasteiger partial charge is 0.336 e. The first kappa shape index (κ1) is 20.5. The molecule has 166 valence electrons. The van der Waals surface area contributed by atoms with Gasteiger partial charge < -0.3 is 24.1 Å². The molecule has 31 heavy (non-hydrogen) atoms. The molecule has 0 radical (unpaired) electrons. The van der Waals surface area contributed by atoms with Gasteiger partial charge in [-0.15, -0.1) is 0 Å². The molecular formula is C24H30N2O5. The topological polar surface area (TPSA) is 81.0 Å². The van der Waals surface area contributed by atoms with Crippen LogP contribution in [0.3, 0.4) is 0 Å². The highest BCUT2D eigenvalue weighted by Gasteiger charge is 2.48. The lowest BCUT2D eigenvalue weighted by Crippen LogP contribution is -2.61. The molecule has 7 nitrogen and oxygen atoms in total. The number of rotatable bonds is 4. The fourth-order valence-corrected chi connectivity index (χ4v) is 5.57. The summed E-state index contributed by atoms with van der Waals surface area (Å²) < 4.78 is 17.6. The highest BCUT2D eigenvalue weighted by atomic mass is 16.5. The summed E-state index contributed by atoms with van der Waals surface area (Å²) in [7, 11) is 0. The van der Waals surface area contributed by atoms with Crippen molar-refractivity contribution in [3.8, 4) is 5.75 Å².